The summed E-state index contributed by atoms with van der Waals surface area (Å²) in [6, 6.07) is 7.88. The maximum atomic E-state index is 14.7. The van der Waals surface area contributed by atoms with Crippen LogP contribution in [0.4, 0.5) is 74.6 Å². The molecule has 252 valence electrons. The number of hydrogen-bond donors (Lipinski definition) is 0. The Labute approximate surface area is 237 Å². The molecule has 0 aromatic heterocycles. The van der Waals surface area contributed by atoms with E-state index in [4.69, 9.17) is 0 Å². The maximum absolute atomic E-state index is 14.7. The summed E-state index contributed by atoms with van der Waals surface area (Å²) in [6.07, 6.45) is -7.95. The van der Waals surface area contributed by atoms with Gasteiger partial charge in [-0.05, 0) is 35.7 Å². The number of rotatable bonds is 10. The Bertz CT molecular complexity index is 1530. The van der Waals surface area contributed by atoms with Crippen molar-refractivity contribution in [3.8, 4) is 0 Å². The Balaban J connectivity index is 2.12. The van der Waals surface area contributed by atoms with E-state index in [2.05, 4.69) is 3.63 Å². The molecule has 2 aromatic carbocycles. The number of alkyl halides is 17. The molecule has 0 aliphatic carbocycles. The van der Waals surface area contributed by atoms with E-state index in [1.54, 1.807) is 0 Å². The van der Waals surface area contributed by atoms with E-state index in [0.29, 0.717) is 10.9 Å². The molecule has 0 spiro atoms. The minimum atomic E-state index is -8.89. The standard InChI is InChI=1S/C22H15F17O3S2/c1-11-7-8-14(13-6-3-2-5-12(11)13)43(9-4-10-43)42-44(40,41)22(38,39)20(33,34)18(29,30)16(25,26)15(23,24)17(27,28)19(31,32)21(35,36)37/h2-3,5-8H,4,9-10H2,1H3. The van der Waals surface area contributed by atoms with Crippen molar-refractivity contribution in [2.45, 2.75) is 65.2 Å². The second-order valence-corrected chi connectivity index (χ2v) is 14.3. The maximum Gasteiger partial charge on any atom is 0.460 e. The van der Waals surface area contributed by atoms with E-state index >= 15 is 0 Å². The summed E-state index contributed by atoms with van der Waals surface area (Å²) in [4.78, 5) is -0.245. The lowest BCUT2D eigenvalue weighted by atomic mass is 9.91. The average molecular weight is 714 g/mol. The van der Waals surface area contributed by atoms with Gasteiger partial charge in [-0.25, -0.2) is 3.63 Å². The highest BCUT2D eigenvalue weighted by Gasteiger charge is 2.96. The van der Waals surface area contributed by atoms with Gasteiger partial charge in [0.25, 0.3) is 0 Å². The van der Waals surface area contributed by atoms with Crippen LogP contribution in [0.3, 0.4) is 0 Å². The zero-order chi connectivity index (χ0) is 34.4. The van der Waals surface area contributed by atoms with E-state index in [1.165, 1.54) is 37.3 Å². The lowest BCUT2D eigenvalue weighted by molar-refractivity contribution is -0.458. The summed E-state index contributed by atoms with van der Waals surface area (Å²) in [7, 11) is -11.4. The minimum absolute atomic E-state index is 0.0576. The van der Waals surface area contributed by atoms with Crippen LogP contribution < -0.4 is 0 Å². The number of hydrogen-bond acceptors (Lipinski definition) is 3. The first-order valence-electron chi connectivity index (χ1n) is 11.4. The molecule has 2 aromatic rings. The molecule has 1 saturated heterocycles. The number of fused-ring (bicyclic) bond motifs is 1. The van der Waals surface area contributed by atoms with Gasteiger partial charge in [0.15, 0.2) is 0 Å². The molecule has 1 aliphatic rings. The molecule has 1 fully saturated rings. The van der Waals surface area contributed by atoms with Gasteiger partial charge in [-0.2, -0.15) is 83.1 Å². The van der Waals surface area contributed by atoms with Crippen molar-refractivity contribution in [3.05, 3.63) is 42.0 Å². The van der Waals surface area contributed by atoms with Crippen LogP contribution in [0, 0.1) is 6.92 Å². The third kappa shape index (κ3) is 4.62. The highest BCUT2D eigenvalue weighted by Crippen LogP contribution is 2.69. The summed E-state index contributed by atoms with van der Waals surface area (Å²) >= 11 is 0. The molecule has 0 atom stereocenters. The number of aryl methyl sites for hydroxylation is 1. The van der Waals surface area contributed by atoms with E-state index in [-0.39, 0.29) is 16.7 Å². The summed E-state index contributed by atoms with van der Waals surface area (Å²) in [5.41, 5.74) is 0.494. The number of benzene rings is 2. The summed E-state index contributed by atoms with van der Waals surface area (Å²) in [6.45, 7) is 1.52. The second kappa shape index (κ2) is 10.1. The van der Waals surface area contributed by atoms with Crippen molar-refractivity contribution in [1.82, 2.24) is 0 Å². The van der Waals surface area contributed by atoms with Gasteiger partial charge in [-0.3, -0.25) is 0 Å². The lowest BCUT2D eigenvalue weighted by Crippen LogP contribution is -2.75. The molecule has 0 saturated carbocycles. The van der Waals surface area contributed by atoms with Gasteiger partial charge in [0.1, 0.15) is 0 Å². The zero-order valence-corrected chi connectivity index (χ0v) is 22.7. The molecular formula is C22H15F17O3S2. The summed E-state index contributed by atoms with van der Waals surface area (Å²) in [5, 5.41) is -7.30. The monoisotopic (exact) mass is 714 g/mol. The van der Waals surface area contributed by atoms with Gasteiger partial charge in [0.2, 0.25) is 0 Å². The van der Waals surface area contributed by atoms with Gasteiger partial charge >= 0.3 is 57.1 Å². The van der Waals surface area contributed by atoms with Crippen molar-refractivity contribution < 1.29 is 86.7 Å². The highest BCUT2D eigenvalue weighted by atomic mass is 32.3. The van der Waals surface area contributed by atoms with Crippen LogP contribution in [0.15, 0.2) is 41.3 Å². The Kier molecular flexibility index (Phi) is 8.35. The quantitative estimate of drug-likeness (QED) is 0.231. The fourth-order valence-electron chi connectivity index (χ4n) is 4.00. The molecule has 0 amide bonds. The third-order valence-corrected chi connectivity index (χ3v) is 12.4. The molecule has 0 N–H and O–H groups in total. The van der Waals surface area contributed by atoms with Gasteiger partial charge < -0.3 is 0 Å². The molecule has 0 radical (unpaired) electrons. The molecule has 0 bridgehead atoms. The molecule has 3 rings (SSSR count). The molecule has 0 unspecified atom stereocenters. The first-order valence-corrected chi connectivity index (χ1v) is 14.7. The van der Waals surface area contributed by atoms with Crippen LogP contribution >= 0.6 is 10.3 Å². The predicted octanol–water partition coefficient (Wildman–Crippen LogP) is 8.94. The number of halogens is 17. The molecule has 1 heterocycles. The van der Waals surface area contributed by atoms with Crippen molar-refractivity contribution in [2.75, 3.05) is 11.5 Å². The average Bonchev–Trinajstić information content (AvgIpc) is 2.85. The fourth-order valence-corrected chi connectivity index (χ4v) is 9.14. The third-order valence-electron chi connectivity index (χ3n) is 6.68. The van der Waals surface area contributed by atoms with Crippen LogP contribution in [0.2, 0.25) is 0 Å². The largest absolute Gasteiger partial charge is 0.460 e. The van der Waals surface area contributed by atoms with Crippen LogP contribution in [-0.2, 0) is 13.7 Å². The van der Waals surface area contributed by atoms with Crippen LogP contribution in [0.25, 0.3) is 10.8 Å². The lowest BCUT2D eigenvalue weighted by Gasteiger charge is -2.47. The van der Waals surface area contributed by atoms with E-state index < -0.39 is 78.9 Å². The summed E-state index contributed by atoms with van der Waals surface area (Å²) < 4.78 is 260. The Hall–Kier alpha value is -2.23. The van der Waals surface area contributed by atoms with Crippen molar-refractivity contribution >= 4 is 31.2 Å². The van der Waals surface area contributed by atoms with Gasteiger partial charge in [0.05, 0.1) is 0 Å². The molecule has 1 aliphatic heterocycles. The zero-order valence-electron chi connectivity index (χ0n) is 21.1. The highest BCUT2D eigenvalue weighted by molar-refractivity contribution is 8.34. The first kappa shape index (κ1) is 36.2. The normalized spacial score (nSPS) is 18.7. The molecule has 3 nitrogen and oxygen atoms in total. The van der Waals surface area contributed by atoms with Crippen molar-refractivity contribution in [1.29, 1.82) is 0 Å². The Morgan fingerprint density at radius 3 is 1.41 bits per heavy atom. The van der Waals surface area contributed by atoms with E-state index in [9.17, 15) is 83.1 Å². The fraction of sp³-hybridized carbons (Fsp3) is 0.545. The van der Waals surface area contributed by atoms with Crippen LogP contribution in [0.5, 0.6) is 0 Å². The van der Waals surface area contributed by atoms with Crippen LogP contribution in [-0.4, -0.2) is 66.9 Å². The molecule has 44 heavy (non-hydrogen) atoms. The predicted molar refractivity (Wildman–Crippen MR) is 120 cm³/mol. The van der Waals surface area contributed by atoms with E-state index in [0.717, 1.165) is 6.07 Å². The van der Waals surface area contributed by atoms with E-state index in [1.807, 2.05) is 0 Å². The summed E-state index contributed by atoms with van der Waals surface area (Å²) in [5.74, 6) is -53.0. The topological polar surface area (TPSA) is 43.4 Å². The minimum Gasteiger partial charge on any atom is -0.211 e. The van der Waals surface area contributed by atoms with Crippen molar-refractivity contribution in [3.63, 3.8) is 0 Å². The first-order chi connectivity index (χ1) is 19.4. The van der Waals surface area contributed by atoms with Gasteiger partial charge in [-0.1, -0.05) is 40.6 Å². The molecule has 22 heteroatoms. The van der Waals surface area contributed by atoms with Gasteiger partial charge in [0, 0.05) is 16.4 Å². The smallest absolute Gasteiger partial charge is 0.211 e. The van der Waals surface area contributed by atoms with Crippen molar-refractivity contribution in [2.24, 2.45) is 0 Å². The Morgan fingerprint density at radius 1 is 0.591 bits per heavy atom. The molecular weight excluding hydrogens is 699 g/mol. The van der Waals surface area contributed by atoms with Gasteiger partial charge in [-0.15, -0.1) is 0 Å². The Morgan fingerprint density at radius 2 is 1.00 bits per heavy atom. The second-order valence-electron chi connectivity index (χ2n) is 9.48. The SMILES string of the molecule is Cc1ccc(S2(OS(=O)(=O)C(F)(F)C(F)(F)C(F)(F)C(F)(F)C(F)(F)C(F)(F)C(F)(F)C(F)(F)F)CCC2)c2ccccc12. The van der Waals surface area contributed by atoms with Crippen LogP contribution in [0.1, 0.15) is 12.0 Å².